The monoisotopic (exact) mass is 262 g/mol. The van der Waals surface area contributed by atoms with Gasteiger partial charge in [0.2, 0.25) is 0 Å². The van der Waals surface area contributed by atoms with Crippen molar-refractivity contribution in [2.45, 2.75) is 39.7 Å². The fourth-order valence-electron chi connectivity index (χ4n) is 2.23. The van der Waals surface area contributed by atoms with Crippen LogP contribution in [-0.4, -0.2) is 14.9 Å². The molecule has 0 saturated heterocycles. The van der Waals surface area contributed by atoms with Crippen LogP contribution < -0.4 is 0 Å². The van der Waals surface area contributed by atoms with Crippen molar-refractivity contribution in [1.29, 1.82) is 0 Å². The normalized spacial score (nSPS) is 12.7. The highest BCUT2D eigenvalue weighted by Gasteiger charge is 2.17. The van der Waals surface area contributed by atoms with E-state index in [1.165, 1.54) is 6.07 Å². The Labute approximate surface area is 112 Å². The summed E-state index contributed by atoms with van der Waals surface area (Å²) in [5.74, 6) is -0.400. The van der Waals surface area contributed by atoms with Crippen molar-refractivity contribution in [2.75, 3.05) is 0 Å². The van der Waals surface area contributed by atoms with Crippen LogP contribution in [0.5, 0.6) is 0 Å². The van der Waals surface area contributed by atoms with Gasteiger partial charge in [-0.15, -0.1) is 0 Å². The fraction of sp³-hybridized carbons (Fsp3) is 0.400. The molecular weight excluding hydrogens is 243 g/mol. The molecule has 0 amide bonds. The predicted molar refractivity (Wildman–Crippen MR) is 72.9 cm³/mol. The smallest absolute Gasteiger partial charge is 0.131 e. The number of hydrogen-bond acceptors (Lipinski definition) is 2. The summed E-state index contributed by atoms with van der Waals surface area (Å²) in [5, 5.41) is 14.3. The number of benzene rings is 1. The molecule has 2 rings (SSSR count). The third kappa shape index (κ3) is 2.54. The molecule has 1 aromatic carbocycles. The SMILES string of the molecule is CCc1cc(CC)n(-c2cccc(F)c2[C@H](C)O)n1. The third-order valence-corrected chi connectivity index (χ3v) is 3.23. The van der Waals surface area contributed by atoms with Crippen LogP contribution in [0, 0.1) is 5.82 Å². The molecule has 4 heteroatoms. The number of hydrogen-bond donors (Lipinski definition) is 1. The van der Waals surface area contributed by atoms with Crippen molar-refractivity contribution in [2.24, 2.45) is 0 Å². The van der Waals surface area contributed by atoms with Crippen molar-refractivity contribution in [1.82, 2.24) is 9.78 Å². The van der Waals surface area contributed by atoms with E-state index in [9.17, 15) is 9.50 Å². The van der Waals surface area contributed by atoms with Gasteiger partial charge in [0.15, 0.2) is 0 Å². The summed E-state index contributed by atoms with van der Waals surface area (Å²) in [6, 6.07) is 6.82. The fourth-order valence-corrected chi connectivity index (χ4v) is 2.23. The zero-order valence-corrected chi connectivity index (χ0v) is 11.5. The number of aliphatic hydroxyl groups is 1. The lowest BCUT2D eigenvalue weighted by Gasteiger charge is -2.14. The average molecular weight is 262 g/mol. The molecule has 0 unspecified atom stereocenters. The van der Waals surface area contributed by atoms with Crippen LogP contribution in [0.1, 0.15) is 43.8 Å². The molecule has 3 nitrogen and oxygen atoms in total. The summed E-state index contributed by atoms with van der Waals surface area (Å²) in [5.41, 5.74) is 2.90. The molecular formula is C15H19FN2O. The second kappa shape index (κ2) is 5.53. The maximum absolute atomic E-state index is 13.9. The molecule has 102 valence electrons. The molecule has 0 aliphatic carbocycles. The predicted octanol–water partition coefficient (Wildman–Crippen LogP) is 3.19. The van der Waals surface area contributed by atoms with Crippen LogP contribution in [-0.2, 0) is 12.8 Å². The molecule has 0 radical (unpaired) electrons. The zero-order valence-electron chi connectivity index (χ0n) is 11.5. The number of halogens is 1. The largest absolute Gasteiger partial charge is 0.389 e. The lowest BCUT2D eigenvalue weighted by Crippen LogP contribution is -2.09. The van der Waals surface area contributed by atoms with Gasteiger partial charge < -0.3 is 5.11 Å². The minimum atomic E-state index is -0.866. The Kier molecular flexibility index (Phi) is 4.00. The molecule has 1 N–H and O–H groups in total. The molecule has 0 fully saturated rings. The standard InChI is InChI=1S/C15H19FN2O/c1-4-11-9-12(5-2)18(17-11)14-8-6-7-13(16)15(14)10(3)19/h6-10,19H,4-5H2,1-3H3/t10-/m0/s1. The summed E-state index contributed by atoms with van der Waals surface area (Å²) < 4.78 is 15.6. The molecule has 1 aromatic heterocycles. The molecule has 0 bridgehead atoms. The van der Waals surface area contributed by atoms with Crippen molar-refractivity contribution in [3.8, 4) is 5.69 Å². The van der Waals surface area contributed by atoms with E-state index in [1.807, 2.05) is 19.9 Å². The van der Waals surface area contributed by atoms with Crippen molar-refractivity contribution < 1.29 is 9.50 Å². The number of aryl methyl sites for hydroxylation is 2. The van der Waals surface area contributed by atoms with Crippen LogP contribution in [0.4, 0.5) is 4.39 Å². The topological polar surface area (TPSA) is 38.0 Å². The second-order valence-corrected chi connectivity index (χ2v) is 4.59. The van der Waals surface area contributed by atoms with Gasteiger partial charge in [-0.25, -0.2) is 9.07 Å². The average Bonchev–Trinajstić information content (AvgIpc) is 2.81. The van der Waals surface area contributed by atoms with Crippen molar-refractivity contribution in [3.05, 3.63) is 47.0 Å². The number of rotatable bonds is 4. The maximum Gasteiger partial charge on any atom is 0.131 e. The van der Waals surface area contributed by atoms with E-state index in [2.05, 4.69) is 5.10 Å². The Hall–Kier alpha value is -1.68. The lowest BCUT2D eigenvalue weighted by molar-refractivity contribution is 0.193. The van der Waals surface area contributed by atoms with Gasteiger partial charge in [0.1, 0.15) is 5.82 Å². The molecule has 19 heavy (non-hydrogen) atoms. The van der Waals surface area contributed by atoms with Gasteiger partial charge in [0.25, 0.3) is 0 Å². The highest BCUT2D eigenvalue weighted by Crippen LogP contribution is 2.26. The number of aliphatic hydroxyl groups excluding tert-OH is 1. The van der Waals surface area contributed by atoms with Crippen molar-refractivity contribution in [3.63, 3.8) is 0 Å². The zero-order chi connectivity index (χ0) is 14.0. The third-order valence-electron chi connectivity index (χ3n) is 3.23. The first-order valence-corrected chi connectivity index (χ1v) is 6.63. The minimum Gasteiger partial charge on any atom is -0.389 e. The summed E-state index contributed by atoms with van der Waals surface area (Å²) >= 11 is 0. The van der Waals surface area contributed by atoms with Gasteiger partial charge in [-0.05, 0) is 38.0 Å². The molecule has 0 saturated carbocycles. The first-order chi connectivity index (χ1) is 9.08. The van der Waals surface area contributed by atoms with Crippen LogP contribution in [0.25, 0.3) is 5.69 Å². The van der Waals surface area contributed by atoms with Gasteiger partial charge in [0, 0.05) is 11.3 Å². The van der Waals surface area contributed by atoms with Gasteiger partial charge in [-0.2, -0.15) is 5.10 Å². The van der Waals surface area contributed by atoms with Crippen LogP contribution in [0.15, 0.2) is 24.3 Å². The van der Waals surface area contributed by atoms with Crippen LogP contribution >= 0.6 is 0 Å². The molecule has 1 heterocycles. The second-order valence-electron chi connectivity index (χ2n) is 4.59. The minimum absolute atomic E-state index is 0.294. The first-order valence-electron chi connectivity index (χ1n) is 6.63. The first kappa shape index (κ1) is 13.7. The van der Waals surface area contributed by atoms with Crippen LogP contribution in [0.3, 0.4) is 0 Å². The number of aromatic nitrogens is 2. The molecule has 0 spiro atoms. The quantitative estimate of drug-likeness (QED) is 0.919. The van der Waals surface area contributed by atoms with E-state index >= 15 is 0 Å². The van der Waals surface area contributed by atoms with Gasteiger partial charge in [0.05, 0.1) is 17.5 Å². The van der Waals surface area contributed by atoms with E-state index in [0.29, 0.717) is 11.3 Å². The highest BCUT2D eigenvalue weighted by molar-refractivity contribution is 5.44. The molecule has 0 aliphatic heterocycles. The van der Waals surface area contributed by atoms with E-state index in [-0.39, 0.29) is 0 Å². The van der Waals surface area contributed by atoms with E-state index in [4.69, 9.17) is 0 Å². The summed E-state index contributed by atoms with van der Waals surface area (Å²) in [6.45, 7) is 5.64. The van der Waals surface area contributed by atoms with Gasteiger partial charge in [-0.1, -0.05) is 19.9 Å². The Morgan fingerprint density at radius 2 is 2.05 bits per heavy atom. The van der Waals surface area contributed by atoms with E-state index in [1.54, 1.807) is 23.7 Å². The summed E-state index contributed by atoms with van der Waals surface area (Å²) in [4.78, 5) is 0. The van der Waals surface area contributed by atoms with Gasteiger partial charge in [-0.3, -0.25) is 0 Å². The van der Waals surface area contributed by atoms with Gasteiger partial charge >= 0.3 is 0 Å². The Balaban J connectivity index is 2.64. The van der Waals surface area contributed by atoms with Crippen molar-refractivity contribution >= 4 is 0 Å². The Morgan fingerprint density at radius 1 is 1.32 bits per heavy atom. The van der Waals surface area contributed by atoms with E-state index < -0.39 is 11.9 Å². The van der Waals surface area contributed by atoms with E-state index in [0.717, 1.165) is 24.2 Å². The summed E-state index contributed by atoms with van der Waals surface area (Å²) in [7, 11) is 0. The Bertz CT molecular complexity index is 576. The molecule has 2 aromatic rings. The summed E-state index contributed by atoms with van der Waals surface area (Å²) in [6.07, 6.45) is 0.775. The molecule has 1 atom stereocenters. The lowest BCUT2D eigenvalue weighted by atomic mass is 10.1. The number of nitrogens with zero attached hydrogens (tertiary/aromatic N) is 2. The maximum atomic E-state index is 13.9. The van der Waals surface area contributed by atoms with Crippen LogP contribution in [0.2, 0.25) is 0 Å². The highest BCUT2D eigenvalue weighted by atomic mass is 19.1. The molecule has 0 aliphatic rings. The Morgan fingerprint density at radius 3 is 2.63 bits per heavy atom.